The van der Waals surface area contributed by atoms with Gasteiger partial charge in [0.2, 0.25) is 17.1 Å². The molecule has 0 unspecified atom stereocenters. The van der Waals surface area contributed by atoms with E-state index in [0.29, 0.717) is 18.9 Å². The van der Waals surface area contributed by atoms with Crippen molar-refractivity contribution in [3.05, 3.63) is 5.28 Å². The fourth-order valence-corrected chi connectivity index (χ4v) is 2.23. The second-order valence-corrected chi connectivity index (χ2v) is 5.48. The number of rotatable bonds is 6. The Labute approximate surface area is 129 Å². The van der Waals surface area contributed by atoms with E-state index in [9.17, 15) is 4.79 Å². The maximum Gasteiger partial charge on any atom is 0.322 e. The maximum atomic E-state index is 11.9. The van der Waals surface area contributed by atoms with Gasteiger partial charge in [-0.2, -0.15) is 15.0 Å². The number of carbonyl (C=O) groups is 1. The van der Waals surface area contributed by atoms with E-state index in [0.717, 1.165) is 25.9 Å². The molecule has 0 spiro atoms. The third-order valence-corrected chi connectivity index (χ3v) is 3.18. The largest absolute Gasteiger partial charge is 0.461 e. The first kappa shape index (κ1) is 15.8. The molecule has 0 aromatic carbocycles. The molecule has 0 saturated carbocycles. The smallest absolute Gasteiger partial charge is 0.322 e. The highest BCUT2D eigenvalue weighted by molar-refractivity contribution is 6.28. The molecule has 1 aliphatic rings. The van der Waals surface area contributed by atoms with E-state index in [2.05, 4.69) is 20.3 Å². The summed E-state index contributed by atoms with van der Waals surface area (Å²) in [7, 11) is 0. The first-order chi connectivity index (χ1) is 10.0. The van der Waals surface area contributed by atoms with E-state index in [1.54, 1.807) is 0 Å². The first-order valence-electron chi connectivity index (χ1n) is 7.14. The predicted molar refractivity (Wildman–Crippen MR) is 79.5 cm³/mol. The van der Waals surface area contributed by atoms with Gasteiger partial charge in [0.15, 0.2) is 0 Å². The number of likely N-dealkylation sites (tertiary alicyclic amines) is 1. The van der Waals surface area contributed by atoms with Gasteiger partial charge in [0.1, 0.15) is 0 Å². The van der Waals surface area contributed by atoms with Crippen molar-refractivity contribution in [1.29, 1.82) is 0 Å². The van der Waals surface area contributed by atoms with E-state index in [4.69, 9.17) is 16.3 Å². The van der Waals surface area contributed by atoms with E-state index >= 15 is 0 Å². The lowest BCUT2D eigenvalue weighted by Crippen LogP contribution is -2.29. The summed E-state index contributed by atoms with van der Waals surface area (Å²) in [5.74, 6) is 0.471. The molecule has 0 aliphatic carbocycles. The Morgan fingerprint density at radius 3 is 2.71 bits per heavy atom. The Morgan fingerprint density at radius 2 is 2.05 bits per heavy atom. The average Bonchev–Trinajstić information content (AvgIpc) is 2.90. The number of aromatic nitrogens is 3. The minimum absolute atomic E-state index is 0.0481. The van der Waals surface area contributed by atoms with Crippen LogP contribution in [-0.4, -0.2) is 51.5 Å². The Hall–Kier alpha value is -1.63. The van der Waals surface area contributed by atoms with Crippen molar-refractivity contribution in [2.75, 3.05) is 25.0 Å². The lowest BCUT2D eigenvalue weighted by atomic mass is 10.3. The van der Waals surface area contributed by atoms with Gasteiger partial charge in [0, 0.05) is 26.1 Å². The quantitative estimate of drug-likeness (QED) is 0.861. The Morgan fingerprint density at radius 1 is 1.33 bits per heavy atom. The highest BCUT2D eigenvalue weighted by atomic mass is 35.5. The van der Waals surface area contributed by atoms with Gasteiger partial charge in [-0.1, -0.05) is 0 Å². The van der Waals surface area contributed by atoms with Gasteiger partial charge < -0.3 is 15.0 Å². The summed E-state index contributed by atoms with van der Waals surface area (Å²) >= 11 is 5.82. The minimum atomic E-state index is -0.0481. The van der Waals surface area contributed by atoms with Crippen LogP contribution in [0.2, 0.25) is 5.28 Å². The summed E-state index contributed by atoms with van der Waals surface area (Å²) in [5, 5.41) is 3.04. The average molecular weight is 314 g/mol. The molecule has 0 bridgehead atoms. The van der Waals surface area contributed by atoms with Crippen LogP contribution in [0, 0.1) is 0 Å². The molecule has 1 fully saturated rings. The van der Waals surface area contributed by atoms with Crippen LogP contribution in [-0.2, 0) is 4.79 Å². The second kappa shape index (κ2) is 7.40. The van der Waals surface area contributed by atoms with Crippen molar-refractivity contribution in [3.63, 3.8) is 0 Å². The third kappa shape index (κ3) is 5.00. The zero-order valence-corrected chi connectivity index (χ0v) is 13.1. The first-order valence-corrected chi connectivity index (χ1v) is 7.52. The monoisotopic (exact) mass is 313 g/mol. The molecule has 21 heavy (non-hydrogen) atoms. The van der Waals surface area contributed by atoms with Crippen LogP contribution < -0.4 is 10.1 Å². The maximum absolute atomic E-state index is 11.9. The zero-order chi connectivity index (χ0) is 15.2. The highest BCUT2D eigenvalue weighted by Gasteiger charge is 2.17. The molecule has 1 aromatic rings. The Bertz CT molecular complexity index is 491. The summed E-state index contributed by atoms with van der Waals surface area (Å²) in [5.41, 5.74) is 0. The number of hydrogen-bond donors (Lipinski definition) is 1. The van der Waals surface area contributed by atoms with Crippen LogP contribution in [0.25, 0.3) is 0 Å². The number of hydrogen-bond acceptors (Lipinski definition) is 6. The number of nitrogens with one attached hydrogen (secondary N) is 1. The summed E-state index contributed by atoms with van der Waals surface area (Å²) in [6.45, 7) is 5.93. The Balaban J connectivity index is 1.84. The van der Waals surface area contributed by atoms with Crippen molar-refractivity contribution in [3.8, 4) is 6.01 Å². The van der Waals surface area contributed by atoms with E-state index in [1.165, 1.54) is 0 Å². The summed E-state index contributed by atoms with van der Waals surface area (Å²) in [6.07, 6.45) is 2.55. The van der Waals surface area contributed by atoms with Crippen LogP contribution in [0.4, 0.5) is 5.95 Å². The van der Waals surface area contributed by atoms with Gasteiger partial charge in [-0.15, -0.1) is 0 Å². The topological polar surface area (TPSA) is 80.2 Å². The van der Waals surface area contributed by atoms with E-state index < -0.39 is 0 Å². The molecule has 1 N–H and O–H groups in total. The summed E-state index contributed by atoms with van der Waals surface area (Å²) in [4.78, 5) is 25.7. The molecule has 7 nitrogen and oxygen atoms in total. The van der Waals surface area contributed by atoms with Crippen molar-refractivity contribution >= 4 is 23.5 Å². The summed E-state index contributed by atoms with van der Waals surface area (Å²) < 4.78 is 5.38. The number of ether oxygens (including phenoxy) is 1. The van der Waals surface area contributed by atoms with Crippen molar-refractivity contribution in [2.24, 2.45) is 0 Å². The zero-order valence-electron chi connectivity index (χ0n) is 12.3. The van der Waals surface area contributed by atoms with Gasteiger partial charge in [-0.05, 0) is 38.3 Å². The van der Waals surface area contributed by atoms with Gasteiger partial charge in [0.25, 0.3) is 0 Å². The molecule has 8 heteroatoms. The van der Waals surface area contributed by atoms with Crippen LogP contribution in [0.3, 0.4) is 0 Å². The number of nitrogens with zero attached hydrogens (tertiary/aromatic N) is 4. The highest BCUT2D eigenvalue weighted by Crippen LogP contribution is 2.13. The van der Waals surface area contributed by atoms with Crippen molar-refractivity contribution in [2.45, 2.75) is 39.2 Å². The van der Waals surface area contributed by atoms with Gasteiger partial charge in [-0.25, -0.2) is 0 Å². The van der Waals surface area contributed by atoms with Crippen molar-refractivity contribution in [1.82, 2.24) is 19.9 Å². The number of halogens is 1. The molecule has 1 aromatic heterocycles. The van der Waals surface area contributed by atoms with Crippen LogP contribution in [0.5, 0.6) is 6.01 Å². The lowest BCUT2D eigenvalue weighted by molar-refractivity contribution is -0.129. The fourth-order valence-electron chi connectivity index (χ4n) is 2.08. The minimum Gasteiger partial charge on any atom is -0.461 e. The lowest BCUT2D eigenvalue weighted by Gasteiger charge is -2.15. The van der Waals surface area contributed by atoms with Crippen LogP contribution in [0.15, 0.2) is 0 Å². The second-order valence-electron chi connectivity index (χ2n) is 5.14. The van der Waals surface area contributed by atoms with Gasteiger partial charge >= 0.3 is 6.01 Å². The molecule has 116 valence electrons. The SMILES string of the molecule is CC(C)Oc1nc(Cl)nc(NCCC(=O)N2CCCC2)n1. The normalized spacial score (nSPS) is 14.6. The molecule has 0 atom stereocenters. The third-order valence-electron chi connectivity index (χ3n) is 3.01. The molecule has 2 heterocycles. The van der Waals surface area contributed by atoms with Crippen LogP contribution in [0.1, 0.15) is 33.1 Å². The molecule has 0 radical (unpaired) electrons. The molecule has 2 rings (SSSR count). The van der Waals surface area contributed by atoms with E-state index in [1.807, 2.05) is 18.7 Å². The van der Waals surface area contributed by atoms with Gasteiger partial charge in [0.05, 0.1) is 6.10 Å². The molecular weight excluding hydrogens is 294 g/mol. The molecular formula is C13H20ClN5O2. The van der Waals surface area contributed by atoms with E-state index in [-0.39, 0.29) is 23.3 Å². The number of amides is 1. The molecule has 1 saturated heterocycles. The molecule has 1 amide bonds. The molecule has 1 aliphatic heterocycles. The number of anilines is 1. The van der Waals surface area contributed by atoms with Crippen molar-refractivity contribution < 1.29 is 9.53 Å². The standard InChI is InChI=1S/C13H20ClN5O2/c1-9(2)21-13-17-11(14)16-12(18-13)15-6-5-10(20)19-7-3-4-8-19/h9H,3-8H2,1-2H3,(H,15,16,17,18). The predicted octanol–water partition coefficient (Wildman–Crippen LogP) is 1.74. The van der Waals surface area contributed by atoms with Crippen LogP contribution >= 0.6 is 11.6 Å². The Kier molecular flexibility index (Phi) is 5.55. The summed E-state index contributed by atoms with van der Waals surface area (Å²) in [6, 6.07) is 0.179. The fraction of sp³-hybridized carbons (Fsp3) is 0.692. The van der Waals surface area contributed by atoms with Gasteiger partial charge in [-0.3, -0.25) is 4.79 Å². The number of carbonyl (C=O) groups excluding carboxylic acids is 1.